The van der Waals surface area contributed by atoms with E-state index in [-0.39, 0.29) is 33.0 Å². The van der Waals surface area contributed by atoms with Crippen molar-refractivity contribution in [2.75, 3.05) is 11.9 Å². The standard InChI is InChI=1S/C24H30F3N5O3S/c1-12-6-5-9-32(12)22(35)18-19(36-21(30-18)20(34)29-15-7-8-16(15)33)13-11-28-17(31-23(2,3)4)10-14(13)24(25,26)27/h10-12,15-16,33H,5-9H2,1-4H3,(H,28,31)(H,29,34)/t12-,15+,16+/m0/s1. The van der Waals surface area contributed by atoms with Crippen LogP contribution in [-0.2, 0) is 6.18 Å². The Kier molecular flexibility index (Phi) is 7.04. The van der Waals surface area contributed by atoms with Gasteiger partial charge in [0.15, 0.2) is 5.01 Å². The van der Waals surface area contributed by atoms with Crippen molar-refractivity contribution in [3.63, 3.8) is 0 Å². The lowest BCUT2D eigenvalue weighted by Crippen LogP contribution is -2.50. The van der Waals surface area contributed by atoms with E-state index in [1.807, 2.05) is 6.92 Å². The maximum atomic E-state index is 14.2. The van der Waals surface area contributed by atoms with Crippen LogP contribution >= 0.6 is 11.3 Å². The monoisotopic (exact) mass is 525 g/mol. The van der Waals surface area contributed by atoms with Crippen LogP contribution in [0.5, 0.6) is 0 Å². The van der Waals surface area contributed by atoms with Crippen LogP contribution in [0.15, 0.2) is 12.3 Å². The predicted molar refractivity (Wildman–Crippen MR) is 130 cm³/mol. The zero-order chi connectivity index (χ0) is 26.4. The van der Waals surface area contributed by atoms with Crippen LogP contribution in [0.4, 0.5) is 19.0 Å². The molecule has 0 spiro atoms. The molecule has 12 heteroatoms. The van der Waals surface area contributed by atoms with E-state index in [4.69, 9.17) is 0 Å². The Labute approximate surface area is 211 Å². The van der Waals surface area contributed by atoms with Crippen LogP contribution in [0.25, 0.3) is 10.4 Å². The van der Waals surface area contributed by atoms with Crippen LogP contribution in [0.2, 0.25) is 0 Å². The lowest BCUT2D eigenvalue weighted by molar-refractivity contribution is -0.137. The molecule has 2 aromatic heterocycles. The maximum absolute atomic E-state index is 14.2. The molecule has 1 aliphatic carbocycles. The number of aliphatic hydroxyl groups excluding tert-OH is 1. The number of aliphatic hydroxyl groups is 1. The van der Waals surface area contributed by atoms with Gasteiger partial charge in [0.25, 0.3) is 11.8 Å². The second-order valence-corrected chi connectivity index (χ2v) is 11.4. The first-order valence-electron chi connectivity index (χ1n) is 11.9. The molecule has 0 unspecified atom stereocenters. The van der Waals surface area contributed by atoms with Crippen LogP contribution in [0.1, 0.15) is 79.2 Å². The summed E-state index contributed by atoms with van der Waals surface area (Å²) in [7, 11) is 0. The second-order valence-electron chi connectivity index (χ2n) is 10.4. The van der Waals surface area contributed by atoms with Crippen molar-refractivity contribution < 1.29 is 27.9 Å². The van der Waals surface area contributed by atoms with Crippen LogP contribution in [0, 0.1) is 0 Å². The Balaban J connectivity index is 1.80. The van der Waals surface area contributed by atoms with E-state index in [0.29, 0.717) is 19.4 Å². The van der Waals surface area contributed by atoms with Crippen molar-refractivity contribution in [2.45, 2.75) is 83.3 Å². The Morgan fingerprint density at radius 1 is 1.19 bits per heavy atom. The second kappa shape index (κ2) is 9.62. The molecule has 4 rings (SSSR count). The van der Waals surface area contributed by atoms with Crippen molar-refractivity contribution in [1.82, 2.24) is 20.2 Å². The number of carbonyl (C=O) groups is 2. The van der Waals surface area contributed by atoms with Crippen molar-refractivity contribution in [3.8, 4) is 10.4 Å². The number of likely N-dealkylation sites (tertiary alicyclic amines) is 1. The van der Waals surface area contributed by atoms with E-state index in [1.165, 1.54) is 0 Å². The summed E-state index contributed by atoms with van der Waals surface area (Å²) in [6.07, 6.45) is -1.64. The number of rotatable bonds is 5. The summed E-state index contributed by atoms with van der Waals surface area (Å²) in [5.74, 6) is -1.11. The van der Waals surface area contributed by atoms with Crippen molar-refractivity contribution in [1.29, 1.82) is 0 Å². The van der Waals surface area contributed by atoms with E-state index >= 15 is 0 Å². The van der Waals surface area contributed by atoms with Gasteiger partial charge >= 0.3 is 6.18 Å². The van der Waals surface area contributed by atoms with Crippen molar-refractivity contribution >= 4 is 29.0 Å². The normalized spacial score (nSPS) is 22.3. The van der Waals surface area contributed by atoms with E-state index in [2.05, 4.69) is 20.6 Å². The van der Waals surface area contributed by atoms with Crippen LogP contribution in [-0.4, -0.2) is 62.1 Å². The third kappa shape index (κ3) is 5.49. The van der Waals surface area contributed by atoms with Gasteiger partial charge in [-0.25, -0.2) is 9.97 Å². The number of nitrogens with zero attached hydrogens (tertiary/aromatic N) is 3. The SMILES string of the molecule is C[C@H]1CCCN1C(=O)c1nc(C(=O)N[C@@H]2CC[C@H]2O)sc1-c1cnc(NC(C)(C)C)cc1C(F)(F)F. The van der Waals surface area contributed by atoms with Crippen molar-refractivity contribution in [2.24, 2.45) is 0 Å². The molecule has 3 N–H and O–H groups in total. The molecule has 2 aromatic rings. The third-order valence-electron chi connectivity index (χ3n) is 6.35. The summed E-state index contributed by atoms with van der Waals surface area (Å²) >= 11 is 0.723. The minimum absolute atomic E-state index is 0.0427. The molecule has 1 saturated carbocycles. The number of aromatic nitrogens is 2. The van der Waals surface area contributed by atoms with Gasteiger partial charge in [-0.15, -0.1) is 11.3 Å². The molecule has 0 bridgehead atoms. The van der Waals surface area contributed by atoms with Crippen LogP contribution < -0.4 is 10.6 Å². The van der Waals surface area contributed by atoms with Gasteiger partial charge in [0.1, 0.15) is 11.5 Å². The molecule has 1 aliphatic heterocycles. The summed E-state index contributed by atoms with van der Waals surface area (Å²) in [5, 5.41) is 15.3. The number of nitrogens with one attached hydrogen (secondary N) is 2. The Hall–Kier alpha value is -2.73. The molecule has 36 heavy (non-hydrogen) atoms. The highest BCUT2D eigenvalue weighted by molar-refractivity contribution is 7.17. The molecule has 3 atom stereocenters. The largest absolute Gasteiger partial charge is 0.417 e. The maximum Gasteiger partial charge on any atom is 0.417 e. The number of thiazole rings is 1. The molecular formula is C24H30F3N5O3S. The smallest absolute Gasteiger partial charge is 0.391 e. The van der Waals surface area contributed by atoms with Gasteiger partial charge in [-0.2, -0.15) is 13.2 Å². The van der Waals surface area contributed by atoms with E-state index in [9.17, 15) is 27.9 Å². The van der Waals surface area contributed by atoms with Gasteiger partial charge in [-0.1, -0.05) is 0 Å². The molecule has 2 fully saturated rings. The van der Waals surface area contributed by atoms with Crippen molar-refractivity contribution in [3.05, 3.63) is 28.5 Å². The summed E-state index contributed by atoms with van der Waals surface area (Å²) < 4.78 is 42.6. The van der Waals surface area contributed by atoms with Gasteiger partial charge in [-0.3, -0.25) is 9.59 Å². The molecule has 196 valence electrons. The Bertz CT molecular complexity index is 1160. The highest BCUT2D eigenvalue weighted by atomic mass is 32.1. The lowest BCUT2D eigenvalue weighted by Gasteiger charge is -2.32. The highest BCUT2D eigenvalue weighted by Gasteiger charge is 2.39. The number of anilines is 1. The molecule has 3 heterocycles. The summed E-state index contributed by atoms with van der Waals surface area (Å²) in [4.78, 5) is 36.2. The molecule has 2 aliphatic rings. The molecule has 2 amide bonds. The van der Waals surface area contributed by atoms with Gasteiger partial charge in [0.2, 0.25) is 0 Å². The number of alkyl halides is 3. The predicted octanol–water partition coefficient (Wildman–Crippen LogP) is 4.31. The number of hydrogen-bond acceptors (Lipinski definition) is 7. The summed E-state index contributed by atoms with van der Waals surface area (Å²) in [6.45, 7) is 7.74. The third-order valence-corrected chi connectivity index (χ3v) is 7.44. The number of pyridine rings is 1. The minimum Gasteiger partial charge on any atom is -0.391 e. The molecular weight excluding hydrogens is 495 g/mol. The zero-order valence-corrected chi connectivity index (χ0v) is 21.4. The topological polar surface area (TPSA) is 107 Å². The average Bonchev–Trinajstić information content (AvgIpc) is 3.41. The van der Waals surface area contributed by atoms with Gasteiger partial charge in [-0.05, 0) is 59.4 Å². The Morgan fingerprint density at radius 3 is 2.44 bits per heavy atom. The van der Waals surface area contributed by atoms with Gasteiger partial charge < -0.3 is 20.6 Å². The zero-order valence-electron chi connectivity index (χ0n) is 20.6. The quantitative estimate of drug-likeness (QED) is 0.537. The minimum atomic E-state index is -4.74. The molecule has 1 saturated heterocycles. The molecule has 0 aromatic carbocycles. The number of halogens is 3. The van der Waals surface area contributed by atoms with E-state index in [1.54, 1.807) is 25.7 Å². The summed E-state index contributed by atoms with van der Waals surface area (Å²) in [6, 6.07) is 0.378. The fourth-order valence-corrected chi connectivity index (χ4v) is 5.30. The number of carbonyl (C=O) groups excluding carboxylic acids is 2. The first-order valence-corrected chi connectivity index (χ1v) is 12.7. The lowest BCUT2D eigenvalue weighted by atomic mass is 9.89. The number of hydrogen-bond donors (Lipinski definition) is 3. The highest BCUT2D eigenvalue weighted by Crippen LogP contribution is 2.42. The fraction of sp³-hybridized carbons (Fsp3) is 0.583. The summed E-state index contributed by atoms with van der Waals surface area (Å²) in [5.41, 5.74) is -2.00. The Morgan fingerprint density at radius 2 is 1.92 bits per heavy atom. The van der Waals surface area contributed by atoms with E-state index < -0.39 is 41.2 Å². The van der Waals surface area contributed by atoms with Crippen LogP contribution in [0.3, 0.4) is 0 Å². The van der Waals surface area contributed by atoms with Gasteiger partial charge in [0, 0.05) is 29.9 Å². The fourth-order valence-electron chi connectivity index (χ4n) is 4.32. The average molecular weight is 526 g/mol. The first kappa shape index (κ1) is 26.3. The molecule has 0 radical (unpaired) electrons. The molecule has 8 nitrogen and oxygen atoms in total. The van der Waals surface area contributed by atoms with Gasteiger partial charge in [0.05, 0.1) is 22.6 Å². The number of amides is 2. The first-order chi connectivity index (χ1) is 16.7. The van der Waals surface area contributed by atoms with E-state index in [0.717, 1.165) is 36.4 Å².